The Morgan fingerprint density at radius 3 is 0.735 bits per heavy atom. The molecule has 0 N–H and O–H groups in total. The molecule has 0 bridgehead atoms. The van der Waals surface area contributed by atoms with Gasteiger partial charge in [0.15, 0.2) is 0 Å². The first kappa shape index (κ1) is 33.0. The van der Waals surface area contributed by atoms with E-state index in [-0.39, 0.29) is 0 Å². The van der Waals surface area contributed by atoms with Crippen LogP contribution in [0.4, 0.5) is 79.0 Å². The van der Waals surface area contributed by atoms with Crippen molar-refractivity contribution < 1.29 is 92.6 Å². The van der Waals surface area contributed by atoms with Gasteiger partial charge in [0.25, 0.3) is 18.5 Å². The molecule has 0 rings (SSSR count). The molecular formula is C12H9F18O3P. The van der Waals surface area contributed by atoms with Crippen molar-refractivity contribution in [3.05, 3.63) is 0 Å². The van der Waals surface area contributed by atoms with Gasteiger partial charge in [-0.25, -0.2) is 39.5 Å². The van der Waals surface area contributed by atoms with Crippen molar-refractivity contribution in [1.29, 1.82) is 0 Å². The third-order valence-corrected chi connectivity index (χ3v) is 4.08. The van der Waals surface area contributed by atoms with Gasteiger partial charge in [-0.2, -0.15) is 39.5 Å². The summed E-state index contributed by atoms with van der Waals surface area (Å²) in [6.07, 6.45) is -34.0. The van der Waals surface area contributed by atoms with Crippen LogP contribution in [0.5, 0.6) is 0 Å². The van der Waals surface area contributed by atoms with Crippen molar-refractivity contribution in [3.8, 4) is 0 Å². The molecule has 34 heavy (non-hydrogen) atoms. The van der Waals surface area contributed by atoms with E-state index in [0.717, 1.165) is 0 Å². The lowest BCUT2D eigenvalue weighted by molar-refractivity contribution is -0.255. The predicted octanol–water partition coefficient (Wildman–Crippen LogP) is 6.87. The van der Waals surface area contributed by atoms with Crippen LogP contribution in [0.15, 0.2) is 0 Å². The van der Waals surface area contributed by atoms with Gasteiger partial charge in [-0.1, -0.05) is 0 Å². The Balaban J connectivity index is 5.56. The highest BCUT2D eigenvalue weighted by atomic mass is 31.2. The maximum Gasteiger partial charge on any atom is 0.425 e. The second kappa shape index (κ2) is 11.0. The van der Waals surface area contributed by atoms with E-state index >= 15 is 0 Å². The summed E-state index contributed by atoms with van der Waals surface area (Å²) in [6.45, 7) is -8.77. The SMILES string of the molecule is FC(C(F)(F)F)C(F)(F)COP(OCC(F)(F)C(F)C(F)(F)F)OCC(F)(F)C(F)C(F)(F)F. The lowest BCUT2D eigenvalue weighted by atomic mass is 10.2. The minimum Gasteiger partial charge on any atom is -0.306 e. The summed E-state index contributed by atoms with van der Waals surface area (Å²) in [5.74, 6) is -17.0. The Labute approximate surface area is 177 Å². The smallest absolute Gasteiger partial charge is 0.306 e. The Morgan fingerprint density at radius 2 is 0.588 bits per heavy atom. The van der Waals surface area contributed by atoms with Gasteiger partial charge in [0, 0.05) is 0 Å². The van der Waals surface area contributed by atoms with Crippen LogP contribution in [0, 0.1) is 0 Å². The summed E-state index contributed by atoms with van der Waals surface area (Å²) in [7, 11) is -4.48. The van der Waals surface area contributed by atoms with Crippen LogP contribution < -0.4 is 0 Å². The molecule has 0 aromatic carbocycles. The Hall–Kier alpha value is -0.950. The van der Waals surface area contributed by atoms with Crippen LogP contribution in [-0.4, -0.2) is 74.6 Å². The topological polar surface area (TPSA) is 27.7 Å². The molecule has 0 aromatic rings. The quantitative estimate of drug-likeness (QED) is 0.188. The molecule has 0 aliphatic carbocycles. The first-order valence-corrected chi connectivity index (χ1v) is 8.79. The van der Waals surface area contributed by atoms with Crippen molar-refractivity contribution in [1.82, 2.24) is 0 Å². The van der Waals surface area contributed by atoms with Crippen molar-refractivity contribution in [2.75, 3.05) is 19.8 Å². The normalized spacial score (nSPS) is 18.5. The molecule has 0 spiro atoms. The Bertz CT molecular complexity index is 546. The van der Waals surface area contributed by atoms with Crippen molar-refractivity contribution in [2.45, 2.75) is 54.8 Å². The first-order valence-electron chi connectivity index (χ1n) is 7.70. The summed E-state index contributed by atoms with van der Waals surface area (Å²) < 4.78 is 236. The molecule has 3 nitrogen and oxygen atoms in total. The van der Waals surface area contributed by atoms with E-state index in [4.69, 9.17) is 0 Å². The number of hydrogen-bond donors (Lipinski definition) is 0. The lowest BCUT2D eigenvalue weighted by Crippen LogP contribution is -2.46. The van der Waals surface area contributed by atoms with Crippen molar-refractivity contribution in [2.24, 2.45) is 0 Å². The highest BCUT2D eigenvalue weighted by Crippen LogP contribution is 2.47. The van der Waals surface area contributed by atoms with E-state index in [1.165, 1.54) is 0 Å². The van der Waals surface area contributed by atoms with E-state index in [1.807, 2.05) is 0 Å². The summed E-state index contributed by atoms with van der Waals surface area (Å²) in [5.41, 5.74) is 0. The molecule has 0 aliphatic rings. The molecule has 0 saturated heterocycles. The Kier molecular flexibility index (Phi) is 10.7. The number of rotatable bonds is 12. The molecule has 0 amide bonds. The van der Waals surface area contributed by atoms with Gasteiger partial charge in [0.2, 0.25) is 0 Å². The molecule has 206 valence electrons. The molecule has 0 heterocycles. The average molecular weight is 574 g/mol. The minimum atomic E-state index is -6.29. The number of alkyl halides is 18. The van der Waals surface area contributed by atoms with Gasteiger partial charge < -0.3 is 13.6 Å². The van der Waals surface area contributed by atoms with Crippen LogP contribution in [0.2, 0.25) is 0 Å². The lowest BCUT2D eigenvalue weighted by Gasteiger charge is -2.28. The van der Waals surface area contributed by atoms with Crippen LogP contribution in [0.3, 0.4) is 0 Å². The summed E-state index contributed by atoms with van der Waals surface area (Å²) >= 11 is 0. The van der Waals surface area contributed by atoms with Gasteiger partial charge in [-0.3, -0.25) is 0 Å². The fourth-order valence-corrected chi connectivity index (χ4v) is 2.52. The highest BCUT2D eigenvalue weighted by Gasteiger charge is 2.60. The van der Waals surface area contributed by atoms with E-state index in [9.17, 15) is 79.0 Å². The largest absolute Gasteiger partial charge is 0.425 e. The molecule has 0 radical (unpaired) electrons. The molecule has 3 atom stereocenters. The van der Waals surface area contributed by atoms with E-state index in [2.05, 4.69) is 13.6 Å². The monoisotopic (exact) mass is 574 g/mol. The zero-order valence-electron chi connectivity index (χ0n) is 15.3. The molecule has 0 saturated carbocycles. The van der Waals surface area contributed by atoms with Crippen molar-refractivity contribution >= 4 is 8.60 Å². The second-order valence-electron chi connectivity index (χ2n) is 6.04. The van der Waals surface area contributed by atoms with Crippen LogP contribution in [0.25, 0.3) is 0 Å². The molecular weight excluding hydrogens is 565 g/mol. The van der Waals surface area contributed by atoms with E-state index < -0.39 is 83.2 Å². The fraction of sp³-hybridized carbons (Fsp3) is 1.00. The first-order chi connectivity index (χ1) is 14.7. The zero-order valence-corrected chi connectivity index (χ0v) is 16.2. The summed E-state index contributed by atoms with van der Waals surface area (Å²) in [5, 5.41) is 0. The molecule has 3 unspecified atom stereocenters. The van der Waals surface area contributed by atoms with Crippen LogP contribution >= 0.6 is 8.60 Å². The van der Waals surface area contributed by atoms with Crippen LogP contribution in [0.1, 0.15) is 0 Å². The molecule has 0 fully saturated rings. The summed E-state index contributed by atoms with van der Waals surface area (Å²) in [6, 6.07) is 0. The van der Waals surface area contributed by atoms with Gasteiger partial charge in [0.1, 0.15) is 19.8 Å². The predicted molar refractivity (Wildman–Crippen MR) is 72.5 cm³/mol. The maximum atomic E-state index is 13.2. The van der Waals surface area contributed by atoms with E-state index in [0.29, 0.717) is 0 Å². The fourth-order valence-electron chi connectivity index (χ4n) is 1.47. The molecule has 0 aliphatic heterocycles. The Morgan fingerprint density at radius 1 is 0.412 bits per heavy atom. The third kappa shape index (κ3) is 9.96. The van der Waals surface area contributed by atoms with Crippen molar-refractivity contribution in [3.63, 3.8) is 0 Å². The number of halogens is 18. The average Bonchev–Trinajstić information content (AvgIpc) is 2.63. The minimum absolute atomic E-state index is 2.92. The zero-order chi connectivity index (χ0) is 27.6. The second-order valence-corrected chi connectivity index (χ2v) is 7.26. The van der Waals surface area contributed by atoms with Gasteiger partial charge in [0.05, 0.1) is 0 Å². The standard InChI is InChI=1S/C12H9F18O3P/c13-4(10(22,23)24)7(16,17)1-31-34(32-2-8(18,19)5(14)11(25,26)27)33-3-9(20,21)6(15)12(28,29)30/h4-6H,1-3H2. The molecule has 0 aromatic heterocycles. The van der Waals surface area contributed by atoms with Gasteiger partial charge in [-0.15, -0.1) is 0 Å². The third-order valence-electron chi connectivity index (χ3n) is 3.06. The van der Waals surface area contributed by atoms with Gasteiger partial charge in [-0.05, 0) is 0 Å². The molecule has 22 heteroatoms. The maximum absolute atomic E-state index is 13.2. The van der Waals surface area contributed by atoms with E-state index in [1.54, 1.807) is 0 Å². The summed E-state index contributed by atoms with van der Waals surface area (Å²) in [4.78, 5) is 0. The number of hydrogen-bond acceptors (Lipinski definition) is 3. The highest BCUT2D eigenvalue weighted by molar-refractivity contribution is 7.41. The van der Waals surface area contributed by atoms with Crippen LogP contribution in [-0.2, 0) is 13.6 Å². The van der Waals surface area contributed by atoms with Gasteiger partial charge >= 0.3 is 44.9 Å².